The fraction of sp³-hybridized carbons (Fsp3) is 0.957. The molecular weight excluding hydrogens is 308 g/mol. The maximum Gasteiger partial charge on any atom is 0.123 e. The number of aldehydes is 1. The minimum Gasteiger partial charge on any atom is -0.381 e. The summed E-state index contributed by atoms with van der Waals surface area (Å²) in [7, 11) is 1.97. The van der Waals surface area contributed by atoms with Crippen LogP contribution in [0, 0.1) is 51.8 Å². The van der Waals surface area contributed by atoms with Gasteiger partial charge in [-0.2, -0.15) is 0 Å². The molecule has 0 N–H and O–H groups in total. The molecule has 10 atom stereocenters. The SMILES string of the molecule is COC1C[C@H]2[C@@H]3CC[C@H]([C@H](C)C=O)[C@@]3(C)CC[C@@H]2[C@@]2(C)CCC3CC312. The lowest BCUT2D eigenvalue weighted by molar-refractivity contribution is -0.161. The number of fused-ring (bicyclic) bond motifs is 4. The van der Waals surface area contributed by atoms with Crippen molar-refractivity contribution in [3.05, 3.63) is 0 Å². The van der Waals surface area contributed by atoms with Gasteiger partial charge in [0.2, 0.25) is 0 Å². The van der Waals surface area contributed by atoms with Gasteiger partial charge < -0.3 is 9.53 Å². The third kappa shape index (κ3) is 1.79. The summed E-state index contributed by atoms with van der Waals surface area (Å²) in [5.74, 6) is 4.37. The molecule has 5 saturated carbocycles. The second-order valence-electron chi connectivity index (χ2n) is 11.0. The van der Waals surface area contributed by atoms with Gasteiger partial charge in [-0.15, -0.1) is 0 Å². The van der Waals surface area contributed by atoms with Crippen molar-refractivity contribution in [2.45, 2.75) is 78.2 Å². The highest BCUT2D eigenvalue weighted by molar-refractivity contribution is 5.53. The predicted molar refractivity (Wildman–Crippen MR) is 99.1 cm³/mol. The summed E-state index contributed by atoms with van der Waals surface area (Å²) in [4.78, 5) is 11.5. The van der Waals surface area contributed by atoms with Gasteiger partial charge >= 0.3 is 0 Å². The van der Waals surface area contributed by atoms with E-state index in [9.17, 15) is 4.79 Å². The molecule has 140 valence electrons. The Morgan fingerprint density at radius 2 is 1.88 bits per heavy atom. The van der Waals surface area contributed by atoms with E-state index < -0.39 is 0 Å². The molecular formula is C23H36O2. The van der Waals surface area contributed by atoms with Crippen LogP contribution in [0.1, 0.15) is 72.1 Å². The van der Waals surface area contributed by atoms with Crippen LogP contribution in [0.5, 0.6) is 0 Å². The van der Waals surface area contributed by atoms with Crippen molar-refractivity contribution in [3.63, 3.8) is 0 Å². The van der Waals surface area contributed by atoms with E-state index >= 15 is 0 Å². The molecule has 0 bridgehead atoms. The van der Waals surface area contributed by atoms with Gasteiger partial charge in [0, 0.05) is 18.4 Å². The van der Waals surface area contributed by atoms with Crippen molar-refractivity contribution in [2.75, 3.05) is 7.11 Å². The van der Waals surface area contributed by atoms with Crippen LogP contribution in [0.25, 0.3) is 0 Å². The summed E-state index contributed by atoms with van der Waals surface area (Å²) in [5, 5.41) is 0. The normalized spacial score (nSPS) is 60.2. The van der Waals surface area contributed by atoms with Crippen molar-refractivity contribution >= 4 is 6.29 Å². The van der Waals surface area contributed by atoms with Gasteiger partial charge in [-0.05, 0) is 91.8 Å². The fourth-order valence-electron chi connectivity index (χ4n) is 9.58. The largest absolute Gasteiger partial charge is 0.381 e. The van der Waals surface area contributed by atoms with Crippen LogP contribution < -0.4 is 0 Å². The van der Waals surface area contributed by atoms with Gasteiger partial charge in [0.15, 0.2) is 0 Å². The van der Waals surface area contributed by atoms with Crippen molar-refractivity contribution in [2.24, 2.45) is 51.8 Å². The molecule has 2 heteroatoms. The van der Waals surface area contributed by atoms with Crippen molar-refractivity contribution in [1.29, 1.82) is 0 Å². The van der Waals surface area contributed by atoms with E-state index in [1.807, 2.05) is 7.11 Å². The average molecular weight is 345 g/mol. The van der Waals surface area contributed by atoms with Gasteiger partial charge in [0.1, 0.15) is 6.29 Å². The number of carbonyl (C=O) groups excluding carboxylic acids is 1. The zero-order valence-corrected chi connectivity index (χ0v) is 16.6. The number of hydrogen-bond donors (Lipinski definition) is 0. The van der Waals surface area contributed by atoms with E-state index in [1.54, 1.807) is 0 Å². The Kier molecular flexibility index (Phi) is 3.43. The maximum atomic E-state index is 11.5. The maximum absolute atomic E-state index is 11.5. The molecule has 1 spiro atoms. The fourth-order valence-corrected chi connectivity index (χ4v) is 9.58. The van der Waals surface area contributed by atoms with Crippen LogP contribution in [-0.2, 0) is 9.53 Å². The first-order valence-electron chi connectivity index (χ1n) is 10.9. The Balaban J connectivity index is 1.50. The second-order valence-corrected chi connectivity index (χ2v) is 11.0. The molecule has 25 heavy (non-hydrogen) atoms. The minimum absolute atomic E-state index is 0.231. The van der Waals surface area contributed by atoms with E-state index in [0.29, 0.717) is 28.3 Å². The first kappa shape index (κ1) is 16.8. The highest BCUT2D eigenvalue weighted by Crippen LogP contribution is 2.82. The summed E-state index contributed by atoms with van der Waals surface area (Å²) >= 11 is 0. The average Bonchev–Trinajstić information content (AvgIpc) is 3.12. The molecule has 0 aromatic heterocycles. The number of carbonyl (C=O) groups is 1. The number of hydrogen-bond acceptors (Lipinski definition) is 2. The number of methoxy groups -OCH3 is 1. The van der Waals surface area contributed by atoms with E-state index in [1.165, 1.54) is 57.7 Å². The standard InChI is InChI=1S/C23H36O2/c1-14(13-24)17-5-6-18-16-11-20(25-4)23-12-15(23)7-10-22(23,3)19(16)8-9-21(17,18)2/h13-20H,5-12H2,1-4H3/t14-,15?,16+,17-,18+,19+,20?,21-,22-,23?/m1/s1. The van der Waals surface area contributed by atoms with Crippen LogP contribution in [0.3, 0.4) is 0 Å². The lowest BCUT2D eigenvalue weighted by atomic mass is 9.45. The van der Waals surface area contributed by atoms with E-state index in [-0.39, 0.29) is 5.92 Å². The van der Waals surface area contributed by atoms with Crippen LogP contribution >= 0.6 is 0 Å². The molecule has 2 nitrogen and oxygen atoms in total. The minimum atomic E-state index is 0.231. The molecule has 0 saturated heterocycles. The molecule has 0 aromatic carbocycles. The third-order valence-corrected chi connectivity index (χ3v) is 10.8. The van der Waals surface area contributed by atoms with Crippen LogP contribution in [0.2, 0.25) is 0 Å². The Morgan fingerprint density at radius 3 is 2.56 bits per heavy atom. The lowest BCUT2D eigenvalue weighted by Crippen LogP contribution is -2.57. The highest BCUT2D eigenvalue weighted by atomic mass is 16.5. The van der Waals surface area contributed by atoms with Crippen LogP contribution in [0.15, 0.2) is 0 Å². The summed E-state index contributed by atoms with van der Waals surface area (Å²) in [5.41, 5.74) is 1.45. The Hall–Kier alpha value is -0.370. The summed E-state index contributed by atoms with van der Waals surface area (Å²) in [6, 6.07) is 0. The zero-order valence-electron chi connectivity index (χ0n) is 16.6. The Labute approximate surface area is 153 Å². The third-order valence-electron chi connectivity index (χ3n) is 10.8. The monoisotopic (exact) mass is 344 g/mol. The molecule has 0 heterocycles. The van der Waals surface area contributed by atoms with Crippen molar-refractivity contribution < 1.29 is 9.53 Å². The zero-order chi connectivity index (χ0) is 17.6. The predicted octanol–water partition coefficient (Wildman–Crippen LogP) is 5.11. The Bertz CT molecular complexity index is 587. The molecule has 0 aliphatic heterocycles. The molecule has 5 fully saturated rings. The van der Waals surface area contributed by atoms with Crippen molar-refractivity contribution in [1.82, 2.24) is 0 Å². The van der Waals surface area contributed by atoms with E-state index in [0.717, 1.165) is 23.7 Å². The highest BCUT2D eigenvalue weighted by Gasteiger charge is 2.77. The molecule has 5 aliphatic rings. The van der Waals surface area contributed by atoms with Crippen LogP contribution in [0.4, 0.5) is 0 Å². The van der Waals surface area contributed by atoms with E-state index in [4.69, 9.17) is 4.74 Å². The molecule has 0 radical (unpaired) electrons. The van der Waals surface area contributed by atoms with E-state index in [2.05, 4.69) is 20.8 Å². The van der Waals surface area contributed by atoms with Gasteiger partial charge in [-0.3, -0.25) is 0 Å². The van der Waals surface area contributed by atoms with Crippen molar-refractivity contribution in [3.8, 4) is 0 Å². The number of ether oxygens (including phenoxy) is 1. The molecule has 5 rings (SSSR count). The van der Waals surface area contributed by atoms with Gasteiger partial charge in [-0.25, -0.2) is 0 Å². The second kappa shape index (κ2) is 5.12. The topological polar surface area (TPSA) is 26.3 Å². The van der Waals surface area contributed by atoms with Gasteiger partial charge in [-0.1, -0.05) is 20.8 Å². The number of rotatable bonds is 3. The summed E-state index contributed by atoms with van der Waals surface area (Å²) < 4.78 is 6.18. The van der Waals surface area contributed by atoms with Gasteiger partial charge in [0.25, 0.3) is 0 Å². The quantitative estimate of drug-likeness (QED) is 0.665. The first-order chi connectivity index (χ1) is 11.9. The van der Waals surface area contributed by atoms with Crippen LogP contribution in [-0.4, -0.2) is 19.5 Å². The lowest BCUT2D eigenvalue weighted by Gasteiger charge is -2.61. The molecule has 0 amide bonds. The summed E-state index contributed by atoms with van der Waals surface area (Å²) in [6.45, 7) is 7.35. The smallest absolute Gasteiger partial charge is 0.123 e. The van der Waals surface area contributed by atoms with Gasteiger partial charge in [0.05, 0.1) is 6.10 Å². The first-order valence-corrected chi connectivity index (χ1v) is 10.9. The molecule has 3 unspecified atom stereocenters. The Morgan fingerprint density at radius 1 is 1.08 bits per heavy atom. The summed E-state index contributed by atoms with van der Waals surface area (Å²) in [6.07, 6.45) is 12.7. The molecule has 5 aliphatic carbocycles. The molecule has 0 aromatic rings.